The Morgan fingerprint density at radius 2 is 1.40 bits per heavy atom. The summed E-state index contributed by atoms with van der Waals surface area (Å²) in [6.45, 7) is 3.14. The van der Waals surface area contributed by atoms with Crippen LogP contribution in [0.5, 0.6) is 0 Å². The van der Waals surface area contributed by atoms with Crippen molar-refractivity contribution in [3.05, 3.63) is 65.2 Å². The van der Waals surface area contributed by atoms with Crippen LogP contribution >= 0.6 is 0 Å². The van der Waals surface area contributed by atoms with Gasteiger partial charge in [-0.2, -0.15) is 26.3 Å². The number of rotatable bonds is 9. The van der Waals surface area contributed by atoms with Gasteiger partial charge in [0.1, 0.15) is 0 Å². The summed E-state index contributed by atoms with van der Waals surface area (Å²) in [5.41, 5.74) is -0.764. The molecule has 0 aromatic heterocycles. The van der Waals surface area contributed by atoms with Gasteiger partial charge in [0.05, 0.1) is 20.8 Å². The molecular weight excluding hydrogens is 490 g/mol. The zero-order valence-corrected chi connectivity index (χ0v) is 20.5. The first-order chi connectivity index (χ1) is 16.1. The summed E-state index contributed by atoms with van der Waals surface area (Å²) in [7, 11) is -3.94. The Hall–Kier alpha value is -2.03. The molecule has 1 fully saturated rings. The molecule has 194 valence electrons. The van der Waals surface area contributed by atoms with Crippen molar-refractivity contribution in [1.82, 2.24) is 0 Å². The van der Waals surface area contributed by atoms with E-state index in [9.17, 15) is 34.8 Å². The zero-order valence-electron chi connectivity index (χ0n) is 19.7. The maximum Gasteiger partial charge on any atom is 0.416 e. The Labute approximate surface area is 202 Å². The summed E-state index contributed by atoms with van der Waals surface area (Å²) in [6.07, 6.45) is -3.33. The lowest BCUT2D eigenvalue weighted by Gasteiger charge is -2.40. The lowest BCUT2D eigenvalue weighted by atomic mass is 9.69. The van der Waals surface area contributed by atoms with Crippen molar-refractivity contribution in [2.75, 3.05) is 0 Å². The molecule has 0 radical (unpaired) electrons. The lowest BCUT2D eigenvalue weighted by molar-refractivity contribution is -0.138. The highest BCUT2D eigenvalue weighted by Gasteiger charge is 2.42. The van der Waals surface area contributed by atoms with Crippen molar-refractivity contribution in [2.24, 2.45) is 11.8 Å². The van der Waals surface area contributed by atoms with Gasteiger partial charge in [0, 0.05) is 0 Å². The molecule has 0 aliphatic heterocycles. The second kappa shape index (κ2) is 10.1. The van der Waals surface area contributed by atoms with Crippen molar-refractivity contribution < 1.29 is 34.8 Å². The third-order valence-corrected chi connectivity index (χ3v) is 9.42. The van der Waals surface area contributed by atoms with Gasteiger partial charge in [-0.1, -0.05) is 31.0 Å². The largest absolute Gasteiger partial charge is 0.416 e. The highest BCUT2D eigenvalue weighted by Crippen LogP contribution is 2.44. The zero-order chi connectivity index (χ0) is 26.1. The Balaban J connectivity index is 1.44. The van der Waals surface area contributed by atoms with E-state index in [1.807, 2.05) is 0 Å². The van der Waals surface area contributed by atoms with Gasteiger partial charge in [0.25, 0.3) is 0 Å². The Morgan fingerprint density at radius 1 is 0.800 bits per heavy atom. The van der Waals surface area contributed by atoms with Gasteiger partial charge in [0.2, 0.25) is 0 Å². The van der Waals surface area contributed by atoms with Crippen molar-refractivity contribution in [1.29, 1.82) is 0 Å². The molecule has 0 N–H and O–H groups in total. The first-order valence-corrected chi connectivity index (χ1v) is 13.2. The van der Waals surface area contributed by atoms with Crippen molar-refractivity contribution >= 4 is 9.84 Å². The standard InChI is InChI=1S/C26H30F6O2S/c1-24(2,35(33,34)23-9-5-8-22(16-23)26(30,31)32)17-20-14-19(15-20)7-4-3-6-18-10-12-21(13-11-18)25(27,28)29/h5,8-13,16,19-20H,3-4,6-7,14-15,17H2,1-2H3. The van der Waals surface area contributed by atoms with E-state index in [0.29, 0.717) is 24.8 Å². The number of hydrogen-bond donors (Lipinski definition) is 0. The minimum atomic E-state index is -4.61. The fraction of sp³-hybridized carbons (Fsp3) is 0.538. The van der Waals surface area contributed by atoms with Crippen LogP contribution in [-0.4, -0.2) is 13.2 Å². The summed E-state index contributed by atoms with van der Waals surface area (Å²) in [4.78, 5) is -0.309. The summed E-state index contributed by atoms with van der Waals surface area (Å²) in [5.74, 6) is 0.671. The lowest BCUT2D eigenvalue weighted by Crippen LogP contribution is -2.38. The highest BCUT2D eigenvalue weighted by atomic mass is 32.2. The molecule has 0 bridgehead atoms. The average molecular weight is 521 g/mol. The topological polar surface area (TPSA) is 34.1 Å². The van der Waals surface area contributed by atoms with E-state index in [0.717, 1.165) is 61.9 Å². The number of halogens is 6. The molecule has 3 rings (SSSR count). The molecule has 0 atom stereocenters. The van der Waals surface area contributed by atoms with Crippen LogP contribution in [0.1, 0.15) is 69.1 Å². The molecule has 0 saturated heterocycles. The molecule has 0 spiro atoms. The molecule has 9 heteroatoms. The predicted molar refractivity (Wildman–Crippen MR) is 123 cm³/mol. The molecule has 1 aliphatic rings. The van der Waals surface area contributed by atoms with E-state index in [-0.39, 0.29) is 10.8 Å². The van der Waals surface area contributed by atoms with Crippen molar-refractivity contribution in [3.63, 3.8) is 0 Å². The van der Waals surface area contributed by atoms with Crippen LogP contribution in [0.3, 0.4) is 0 Å². The number of sulfone groups is 1. The van der Waals surface area contributed by atoms with Crippen LogP contribution < -0.4 is 0 Å². The van der Waals surface area contributed by atoms with Gasteiger partial charge >= 0.3 is 12.4 Å². The van der Waals surface area contributed by atoms with E-state index in [4.69, 9.17) is 0 Å². The van der Waals surface area contributed by atoms with Crippen LogP contribution in [0.15, 0.2) is 53.4 Å². The Bertz CT molecular complexity index is 1100. The van der Waals surface area contributed by atoms with Crippen LogP contribution in [0.2, 0.25) is 0 Å². The minimum absolute atomic E-state index is 0.200. The van der Waals surface area contributed by atoms with Gasteiger partial charge in [-0.3, -0.25) is 0 Å². The number of alkyl halides is 6. The van der Waals surface area contributed by atoms with Crippen LogP contribution in [0.25, 0.3) is 0 Å². The maximum absolute atomic E-state index is 13.1. The highest BCUT2D eigenvalue weighted by molar-refractivity contribution is 7.92. The average Bonchev–Trinajstić information content (AvgIpc) is 2.73. The first kappa shape index (κ1) is 27.6. The minimum Gasteiger partial charge on any atom is -0.223 e. The number of unbranched alkanes of at least 4 members (excludes halogenated alkanes) is 1. The number of aryl methyl sites for hydroxylation is 1. The summed E-state index contributed by atoms with van der Waals surface area (Å²) >= 11 is 0. The number of hydrogen-bond acceptors (Lipinski definition) is 2. The normalized spacial score (nSPS) is 19.4. The van der Waals surface area contributed by atoms with E-state index >= 15 is 0 Å². The van der Waals surface area contributed by atoms with Gasteiger partial charge in [-0.15, -0.1) is 0 Å². The molecule has 1 saturated carbocycles. The molecule has 0 heterocycles. The molecule has 0 amide bonds. The van der Waals surface area contributed by atoms with E-state index in [1.54, 1.807) is 13.8 Å². The molecule has 2 nitrogen and oxygen atoms in total. The Kier molecular flexibility index (Phi) is 7.99. The van der Waals surface area contributed by atoms with Gasteiger partial charge in [0.15, 0.2) is 9.84 Å². The van der Waals surface area contributed by atoms with Crippen molar-refractivity contribution in [3.8, 4) is 0 Å². The molecule has 2 aromatic carbocycles. The van der Waals surface area contributed by atoms with Crippen LogP contribution in [0.4, 0.5) is 26.3 Å². The SMILES string of the molecule is CC(C)(CC1CC(CCCCc2ccc(C(F)(F)F)cc2)C1)S(=O)(=O)c1cccc(C(F)(F)F)c1. The van der Waals surface area contributed by atoms with Crippen LogP contribution in [-0.2, 0) is 28.6 Å². The molecule has 35 heavy (non-hydrogen) atoms. The maximum atomic E-state index is 13.1. The predicted octanol–water partition coefficient (Wildman–Crippen LogP) is 8.11. The van der Waals surface area contributed by atoms with E-state index < -0.39 is 38.1 Å². The van der Waals surface area contributed by atoms with E-state index in [2.05, 4.69) is 0 Å². The van der Waals surface area contributed by atoms with Gasteiger partial charge in [-0.25, -0.2) is 8.42 Å². The van der Waals surface area contributed by atoms with E-state index in [1.165, 1.54) is 18.2 Å². The first-order valence-electron chi connectivity index (χ1n) is 11.7. The van der Waals surface area contributed by atoms with Gasteiger partial charge < -0.3 is 0 Å². The Morgan fingerprint density at radius 3 is 1.97 bits per heavy atom. The quantitative estimate of drug-likeness (QED) is 0.247. The van der Waals surface area contributed by atoms with Crippen LogP contribution in [0, 0.1) is 11.8 Å². The van der Waals surface area contributed by atoms with Gasteiger partial charge in [-0.05, 0) is 93.7 Å². The smallest absolute Gasteiger partial charge is 0.223 e. The third kappa shape index (κ3) is 6.80. The molecule has 0 unspecified atom stereocenters. The number of benzene rings is 2. The summed E-state index contributed by atoms with van der Waals surface area (Å²) < 4.78 is 102. The second-order valence-corrected chi connectivity index (χ2v) is 12.7. The third-order valence-electron chi connectivity index (χ3n) is 6.92. The molecule has 1 aliphatic carbocycles. The fourth-order valence-corrected chi connectivity index (χ4v) is 6.50. The summed E-state index contributed by atoms with van der Waals surface area (Å²) in [5, 5.41) is 0. The molecular formula is C26H30F6O2S. The van der Waals surface area contributed by atoms with Crippen molar-refractivity contribution in [2.45, 2.75) is 80.8 Å². The fourth-order valence-electron chi connectivity index (χ4n) is 4.86. The molecule has 2 aromatic rings. The second-order valence-electron chi connectivity index (χ2n) is 10.1. The summed E-state index contributed by atoms with van der Waals surface area (Å²) in [6, 6.07) is 9.12. The monoisotopic (exact) mass is 520 g/mol.